The molecule has 1 heterocycles. The van der Waals surface area contributed by atoms with Gasteiger partial charge in [0.25, 0.3) is 0 Å². The molecule has 4 atom stereocenters. The van der Waals surface area contributed by atoms with Crippen molar-refractivity contribution in [2.75, 3.05) is 6.54 Å². The zero-order chi connectivity index (χ0) is 23.9. The van der Waals surface area contributed by atoms with Crippen LogP contribution in [0, 0.1) is 11.8 Å². The first-order valence-corrected chi connectivity index (χ1v) is 10.5. The first-order chi connectivity index (χ1) is 14.4. The number of carboxylic acid groups (broad SMARTS) is 2. The Hall–Kier alpha value is -2.69. The quantitative estimate of drug-likeness (QED) is 0.285. The lowest BCUT2D eigenvalue weighted by Gasteiger charge is -2.31. The van der Waals surface area contributed by atoms with Gasteiger partial charge in [-0.25, -0.2) is 4.79 Å². The van der Waals surface area contributed by atoms with E-state index in [4.69, 9.17) is 10.8 Å². The number of hydrogen-bond donors (Lipinski definition) is 5. The van der Waals surface area contributed by atoms with Gasteiger partial charge in [0.05, 0.1) is 6.04 Å². The van der Waals surface area contributed by atoms with E-state index in [1.807, 2.05) is 0 Å². The summed E-state index contributed by atoms with van der Waals surface area (Å²) >= 11 is 0. The predicted molar refractivity (Wildman–Crippen MR) is 111 cm³/mol. The minimum absolute atomic E-state index is 0.182. The van der Waals surface area contributed by atoms with Crippen molar-refractivity contribution in [3.8, 4) is 0 Å². The second-order valence-corrected chi connectivity index (χ2v) is 8.52. The van der Waals surface area contributed by atoms with Crippen molar-refractivity contribution in [1.82, 2.24) is 15.5 Å². The number of nitrogens with one attached hydrogen (secondary N) is 2. The van der Waals surface area contributed by atoms with E-state index in [1.54, 1.807) is 27.7 Å². The first-order valence-electron chi connectivity index (χ1n) is 10.5. The Balaban J connectivity index is 2.99. The van der Waals surface area contributed by atoms with Gasteiger partial charge < -0.3 is 31.5 Å². The standard InChI is InChI=1S/C20H34N4O7/c1-10(2)15(21)18(28)22-12(7-8-14(25)26)17(27)23-16(11(3)4)19(29)24-9-5-6-13(24)20(30)31/h10-13,15-16H,5-9,21H2,1-4H3,(H,22,28)(H,23,27)(H,25,26)(H,30,31). The summed E-state index contributed by atoms with van der Waals surface area (Å²) in [7, 11) is 0. The lowest BCUT2D eigenvalue weighted by atomic mass is 10.00. The summed E-state index contributed by atoms with van der Waals surface area (Å²) in [5.41, 5.74) is 5.81. The van der Waals surface area contributed by atoms with Gasteiger partial charge in [-0.05, 0) is 31.1 Å². The molecular formula is C20H34N4O7. The number of amides is 3. The van der Waals surface area contributed by atoms with Crippen LogP contribution >= 0.6 is 0 Å². The maximum Gasteiger partial charge on any atom is 0.326 e. The highest BCUT2D eigenvalue weighted by Crippen LogP contribution is 2.20. The number of carbonyl (C=O) groups excluding carboxylic acids is 3. The van der Waals surface area contributed by atoms with Crippen LogP contribution in [0.15, 0.2) is 0 Å². The van der Waals surface area contributed by atoms with E-state index in [0.717, 1.165) is 0 Å². The first kappa shape index (κ1) is 26.3. The number of nitrogens with zero attached hydrogens (tertiary/aromatic N) is 1. The van der Waals surface area contributed by atoms with E-state index in [-0.39, 0.29) is 31.2 Å². The van der Waals surface area contributed by atoms with Crippen LogP contribution in [0.2, 0.25) is 0 Å². The average Bonchev–Trinajstić information content (AvgIpc) is 3.17. The topological polar surface area (TPSA) is 179 Å². The van der Waals surface area contributed by atoms with Crippen molar-refractivity contribution in [2.24, 2.45) is 17.6 Å². The zero-order valence-electron chi connectivity index (χ0n) is 18.5. The van der Waals surface area contributed by atoms with Crippen molar-refractivity contribution < 1.29 is 34.2 Å². The van der Waals surface area contributed by atoms with E-state index in [1.165, 1.54) is 4.90 Å². The molecule has 1 aliphatic rings. The molecule has 1 rings (SSSR count). The molecule has 1 aliphatic heterocycles. The van der Waals surface area contributed by atoms with E-state index in [2.05, 4.69) is 10.6 Å². The number of likely N-dealkylation sites (tertiary alicyclic amines) is 1. The van der Waals surface area contributed by atoms with E-state index in [9.17, 15) is 29.1 Å². The third-order valence-corrected chi connectivity index (χ3v) is 5.35. The third kappa shape index (κ3) is 7.50. The molecule has 3 amide bonds. The summed E-state index contributed by atoms with van der Waals surface area (Å²) in [6.07, 6.45) is 0.330. The molecule has 0 saturated carbocycles. The molecule has 11 nitrogen and oxygen atoms in total. The highest BCUT2D eigenvalue weighted by molar-refractivity contribution is 5.94. The molecule has 0 spiro atoms. The fourth-order valence-corrected chi connectivity index (χ4v) is 3.34. The highest BCUT2D eigenvalue weighted by Gasteiger charge is 2.39. The van der Waals surface area contributed by atoms with Crippen LogP contribution in [0.5, 0.6) is 0 Å². The molecule has 0 aliphatic carbocycles. The van der Waals surface area contributed by atoms with E-state index < -0.39 is 53.8 Å². The summed E-state index contributed by atoms with van der Waals surface area (Å²) < 4.78 is 0. The Bertz CT molecular complexity index is 695. The third-order valence-electron chi connectivity index (χ3n) is 5.35. The zero-order valence-corrected chi connectivity index (χ0v) is 18.5. The molecule has 0 aromatic heterocycles. The van der Waals surface area contributed by atoms with Gasteiger partial charge >= 0.3 is 11.9 Å². The second kappa shape index (κ2) is 11.6. The highest BCUT2D eigenvalue weighted by atomic mass is 16.4. The van der Waals surface area contributed by atoms with Crippen LogP contribution in [0.25, 0.3) is 0 Å². The summed E-state index contributed by atoms with van der Waals surface area (Å²) in [6, 6.07) is -4.05. The van der Waals surface area contributed by atoms with Gasteiger partial charge in [0.2, 0.25) is 17.7 Å². The molecule has 176 valence electrons. The number of rotatable bonds is 11. The Morgan fingerprint density at radius 3 is 2.10 bits per heavy atom. The molecule has 6 N–H and O–H groups in total. The van der Waals surface area contributed by atoms with Gasteiger partial charge in [-0.15, -0.1) is 0 Å². The Labute approximate surface area is 181 Å². The van der Waals surface area contributed by atoms with Crippen LogP contribution in [0.4, 0.5) is 0 Å². The van der Waals surface area contributed by atoms with Crippen molar-refractivity contribution in [3.05, 3.63) is 0 Å². The fraction of sp³-hybridized carbons (Fsp3) is 0.750. The summed E-state index contributed by atoms with van der Waals surface area (Å²) in [4.78, 5) is 61.9. The average molecular weight is 443 g/mol. The van der Waals surface area contributed by atoms with Crippen LogP contribution in [0.1, 0.15) is 53.4 Å². The number of hydrogen-bond acceptors (Lipinski definition) is 6. The fourth-order valence-electron chi connectivity index (χ4n) is 3.34. The molecule has 0 aromatic rings. The lowest BCUT2D eigenvalue weighted by Crippen LogP contribution is -2.58. The molecule has 31 heavy (non-hydrogen) atoms. The Morgan fingerprint density at radius 1 is 1.00 bits per heavy atom. The molecule has 0 radical (unpaired) electrons. The van der Waals surface area contributed by atoms with Crippen LogP contribution in [-0.4, -0.2) is 75.5 Å². The van der Waals surface area contributed by atoms with Crippen molar-refractivity contribution in [3.63, 3.8) is 0 Å². The van der Waals surface area contributed by atoms with Gasteiger partial charge in [0.15, 0.2) is 0 Å². The smallest absolute Gasteiger partial charge is 0.326 e. The molecule has 1 saturated heterocycles. The van der Waals surface area contributed by atoms with Gasteiger partial charge in [0, 0.05) is 13.0 Å². The SMILES string of the molecule is CC(C)C(N)C(=O)NC(CCC(=O)O)C(=O)NC(C(=O)N1CCCC1C(=O)O)C(C)C. The van der Waals surface area contributed by atoms with Crippen molar-refractivity contribution in [2.45, 2.75) is 77.5 Å². The Kier molecular flexibility index (Phi) is 9.89. The van der Waals surface area contributed by atoms with Crippen molar-refractivity contribution >= 4 is 29.7 Å². The minimum Gasteiger partial charge on any atom is -0.481 e. The van der Waals surface area contributed by atoms with Gasteiger partial charge in [0.1, 0.15) is 18.1 Å². The molecule has 4 unspecified atom stereocenters. The Morgan fingerprint density at radius 2 is 1.61 bits per heavy atom. The maximum absolute atomic E-state index is 13.0. The van der Waals surface area contributed by atoms with Crippen molar-refractivity contribution in [1.29, 1.82) is 0 Å². The largest absolute Gasteiger partial charge is 0.481 e. The minimum atomic E-state index is -1.20. The number of carbonyl (C=O) groups is 5. The predicted octanol–water partition coefficient (Wildman–Crippen LogP) is -0.464. The molecule has 1 fully saturated rings. The second-order valence-electron chi connectivity index (χ2n) is 8.52. The van der Waals surface area contributed by atoms with Gasteiger partial charge in [-0.1, -0.05) is 27.7 Å². The molecule has 11 heteroatoms. The lowest BCUT2D eigenvalue weighted by molar-refractivity contribution is -0.150. The normalized spacial score (nSPS) is 19.1. The molecular weight excluding hydrogens is 408 g/mol. The molecule has 0 aromatic carbocycles. The maximum atomic E-state index is 13.0. The van der Waals surface area contributed by atoms with Crippen LogP contribution < -0.4 is 16.4 Å². The monoisotopic (exact) mass is 442 g/mol. The van der Waals surface area contributed by atoms with E-state index in [0.29, 0.717) is 12.8 Å². The number of aliphatic carboxylic acids is 2. The van der Waals surface area contributed by atoms with Crippen LogP contribution in [0.3, 0.4) is 0 Å². The number of nitrogens with two attached hydrogens (primary N) is 1. The summed E-state index contributed by atoms with van der Waals surface area (Å²) in [5, 5.41) is 23.4. The summed E-state index contributed by atoms with van der Waals surface area (Å²) in [6.45, 7) is 7.15. The summed E-state index contributed by atoms with van der Waals surface area (Å²) in [5.74, 6) is -4.64. The molecule has 0 bridgehead atoms. The van der Waals surface area contributed by atoms with Crippen LogP contribution in [-0.2, 0) is 24.0 Å². The van der Waals surface area contributed by atoms with Gasteiger partial charge in [-0.3, -0.25) is 19.2 Å². The number of carboxylic acids is 2. The van der Waals surface area contributed by atoms with E-state index >= 15 is 0 Å². The van der Waals surface area contributed by atoms with Gasteiger partial charge in [-0.2, -0.15) is 0 Å².